The summed E-state index contributed by atoms with van der Waals surface area (Å²) >= 11 is 0. The Balaban J connectivity index is 1.32. The first-order valence-electron chi connectivity index (χ1n) is 11.2. The number of benzene rings is 1. The number of carbonyl (C=O) groups is 1. The average Bonchev–Trinajstić information content (AvgIpc) is 3.55. The van der Waals surface area contributed by atoms with Crippen LogP contribution in [0.15, 0.2) is 48.9 Å². The van der Waals surface area contributed by atoms with E-state index in [0.717, 1.165) is 34.6 Å². The number of rotatable bonds is 3. The molecule has 162 valence electrons. The van der Waals surface area contributed by atoms with Crippen molar-refractivity contribution >= 4 is 17.5 Å². The molecule has 7 heteroatoms. The molecule has 1 saturated carbocycles. The van der Waals surface area contributed by atoms with Gasteiger partial charge in [-0.1, -0.05) is 6.07 Å². The molecule has 3 aliphatic rings. The second-order valence-corrected chi connectivity index (χ2v) is 8.96. The molecule has 0 N–H and O–H groups in total. The normalized spacial score (nSPS) is 18.7. The lowest BCUT2D eigenvalue weighted by Gasteiger charge is -2.27. The van der Waals surface area contributed by atoms with Crippen LogP contribution in [0.5, 0.6) is 0 Å². The minimum atomic E-state index is 0.0668. The van der Waals surface area contributed by atoms with Crippen molar-refractivity contribution in [2.75, 3.05) is 37.7 Å². The topological polar surface area (TPSA) is 71.5 Å². The Kier molecular flexibility index (Phi) is 4.47. The van der Waals surface area contributed by atoms with Crippen LogP contribution in [0.1, 0.15) is 34.5 Å². The molecular weight excluding hydrogens is 402 g/mol. The van der Waals surface area contributed by atoms with Gasteiger partial charge in [0.05, 0.1) is 13.2 Å². The maximum Gasteiger partial charge on any atom is 0.254 e. The third kappa shape index (κ3) is 3.24. The molecule has 0 atom stereocenters. The fraction of sp³-hybridized carbons (Fsp3) is 0.360. The zero-order valence-electron chi connectivity index (χ0n) is 18.1. The highest BCUT2D eigenvalue weighted by Crippen LogP contribution is 2.57. The highest BCUT2D eigenvalue weighted by atomic mass is 16.5. The Morgan fingerprint density at radius 1 is 1.00 bits per heavy atom. The van der Waals surface area contributed by atoms with Crippen LogP contribution < -0.4 is 4.90 Å². The highest BCUT2D eigenvalue weighted by molar-refractivity contribution is 5.96. The molecule has 0 bridgehead atoms. The van der Waals surface area contributed by atoms with Gasteiger partial charge in [0, 0.05) is 66.1 Å². The van der Waals surface area contributed by atoms with E-state index in [0.29, 0.717) is 32.3 Å². The molecule has 32 heavy (non-hydrogen) atoms. The number of hydrogen-bond donors (Lipinski definition) is 0. The summed E-state index contributed by atoms with van der Waals surface area (Å²) in [7, 11) is 0. The molecule has 1 amide bonds. The molecule has 1 spiro atoms. The van der Waals surface area contributed by atoms with Gasteiger partial charge in [0.25, 0.3) is 5.91 Å². The van der Waals surface area contributed by atoms with Crippen molar-refractivity contribution in [2.45, 2.75) is 25.2 Å². The third-order valence-electron chi connectivity index (χ3n) is 6.83. The van der Waals surface area contributed by atoms with Crippen LogP contribution in [0.2, 0.25) is 0 Å². The average molecular weight is 428 g/mol. The number of amides is 1. The minimum Gasteiger partial charge on any atom is -0.378 e. The Labute approximate surface area is 187 Å². The minimum absolute atomic E-state index is 0.0668. The molecule has 2 aromatic heterocycles. The fourth-order valence-electron chi connectivity index (χ4n) is 4.85. The van der Waals surface area contributed by atoms with Crippen LogP contribution in [0, 0.1) is 6.92 Å². The molecule has 1 aliphatic carbocycles. The molecule has 3 aromatic rings. The predicted molar refractivity (Wildman–Crippen MR) is 121 cm³/mol. The van der Waals surface area contributed by atoms with Gasteiger partial charge in [-0.2, -0.15) is 0 Å². The van der Waals surface area contributed by atoms with Crippen LogP contribution in [-0.4, -0.2) is 58.6 Å². The van der Waals surface area contributed by atoms with E-state index in [1.807, 2.05) is 48.5 Å². The Bertz CT molecular complexity index is 1180. The molecule has 6 rings (SSSR count). The molecule has 7 nitrogen and oxygen atoms in total. The maximum atomic E-state index is 13.1. The maximum absolute atomic E-state index is 13.1. The SMILES string of the molecule is Cc1cc(-c2cnc(N3CC4(CC4)c4ccc(C(=O)N5CCOCC5)cc43)nc2)ccn1. The van der Waals surface area contributed by atoms with E-state index in [4.69, 9.17) is 14.7 Å². The number of ether oxygens (including phenoxy) is 1. The molecule has 1 aromatic carbocycles. The molecule has 2 fully saturated rings. The number of pyridine rings is 1. The van der Waals surface area contributed by atoms with Gasteiger partial charge >= 0.3 is 0 Å². The standard InChI is InChI=1S/C25H25N5O2/c1-17-12-18(4-7-26-17)20-14-27-24(28-15-20)30-16-25(5-6-25)21-3-2-19(13-22(21)30)23(31)29-8-10-32-11-9-29/h2-4,7,12-15H,5-6,8-11,16H2,1H3. The van der Waals surface area contributed by atoms with Gasteiger partial charge in [-0.15, -0.1) is 0 Å². The summed E-state index contributed by atoms with van der Waals surface area (Å²) in [6.45, 7) is 5.33. The predicted octanol–water partition coefficient (Wildman–Crippen LogP) is 3.50. The van der Waals surface area contributed by atoms with Gasteiger partial charge in [-0.05, 0) is 55.2 Å². The van der Waals surface area contributed by atoms with Crippen LogP contribution in [0.4, 0.5) is 11.6 Å². The first-order valence-corrected chi connectivity index (χ1v) is 11.2. The number of morpholine rings is 1. The summed E-state index contributed by atoms with van der Waals surface area (Å²) < 4.78 is 5.40. The zero-order chi connectivity index (χ0) is 21.7. The van der Waals surface area contributed by atoms with E-state index in [9.17, 15) is 4.79 Å². The van der Waals surface area contributed by atoms with E-state index >= 15 is 0 Å². The summed E-state index contributed by atoms with van der Waals surface area (Å²) in [5.41, 5.74) is 6.27. The lowest BCUT2D eigenvalue weighted by Crippen LogP contribution is -2.40. The van der Waals surface area contributed by atoms with Gasteiger partial charge < -0.3 is 14.5 Å². The molecular formula is C25H25N5O2. The van der Waals surface area contributed by atoms with Crippen LogP contribution in [0.25, 0.3) is 11.1 Å². The molecule has 1 saturated heterocycles. The number of anilines is 2. The smallest absolute Gasteiger partial charge is 0.254 e. The van der Waals surface area contributed by atoms with Crippen molar-refractivity contribution in [1.82, 2.24) is 19.9 Å². The second kappa shape index (κ2) is 7.38. The van der Waals surface area contributed by atoms with Crippen molar-refractivity contribution in [3.8, 4) is 11.1 Å². The van der Waals surface area contributed by atoms with Crippen molar-refractivity contribution in [3.05, 3.63) is 65.7 Å². The monoisotopic (exact) mass is 427 g/mol. The Morgan fingerprint density at radius 3 is 2.50 bits per heavy atom. The highest BCUT2D eigenvalue weighted by Gasteiger charge is 2.52. The van der Waals surface area contributed by atoms with E-state index in [-0.39, 0.29) is 11.3 Å². The van der Waals surface area contributed by atoms with Gasteiger partial charge in [-0.25, -0.2) is 9.97 Å². The van der Waals surface area contributed by atoms with Crippen molar-refractivity contribution in [3.63, 3.8) is 0 Å². The summed E-state index contributed by atoms with van der Waals surface area (Å²) in [4.78, 5) is 30.8. The Morgan fingerprint density at radius 2 is 1.78 bits per heavy atom. The summed E-state index contributed by atoms with van der Waals surface area (Å²) in [6.07, 6.45) is 7.89. The number of fused-ring (bicyclic) bond motifs is 2. The van der Waals surface area contributed by atoms with Crippen LogP contribution in [-0.2, 0) is 10.2 Å². The number of aryl methyl sites for hydroxylation is 1. The summed E-state index contributed by atoms with van der Waals surface area (Å²) in [5, 5.41) is 0. The van der Waals surface area contributed by atoms with E-state index < -0.39 is 0 Å². The van der Waals surface area contributed by atoms with Crippen LogP contribution >= 0.6 is 0 Å². The van der Waals surface area contributed by atoms with Crippen molar-refractivity contribution in [1.29, 1.82) is 0 Å². The first-order chi connectivity index (χ1) is 15.6. The first kappa shape index (κ1) is 19.4. The van der Waals surface area contributed by atoms with E-state index in [2.05, 4.69) is 16.0 Å². The fourth-order valence-corrected chi connectivity index (χ4v) is 4.85. The van der Waals surface area contributed by atoms with Crippen molar-refractivity contribution < 1.29 is 9.53 Å². The second-order valence-electron chi connectivity index (χ2n) is 8.96. The van der Waals surface area contributed by atoms with Gasteiger partial charge in [-0.3, -0.25) is 9.78 Å². The largest absolute Gasteiger partial charge is 0.378 e. The van der Waals surface area contributed by atoms with E-state index in [1.165, 1.54) is 18.4 Å². The molecule has 4 heterocycles. The molecule has 0 unspecified atom stereocenters. The lowest BCUT2D eigenvalue weighted by molar-refractivity contribution is 0.0303. The lowest BCUT2D eigenvalue weighted by atomic mass is 9.97. The van der Waals surface area contributed by atoms with Gasteiger partial charge in [0.15, 0.2) is 0 Å². The number of nitrogens with zero attached hydrogens (tertiary/aromatic N) is 5. The number of aromatic nitrogens is 3. The van der Waals surface area contributed by atoms with Crippen molar-refractivity contribution in [2.24, 2.45) is 0 Å². The van der Waals surface area contributed by atoms with Gasteiger partial charge in [0.1, 0.15) is 0 Å². The zero-order valence-corrected chi connectivity index (χ0v) is 18.1. The Hall–Kier alpha value is -3.32. The van der Waals surface area contributed by atoms with E-state index in [1.54, 1.807) is 6.20 Å². The van der Waals surface area contributed by atoms with Crippen LogP contribution in [0.3, 0.4) is 0 Å². The quantitative estimate of drug-likeness (QED) is 0.637. The summed E-state index contributed by atoms with van der Waals surface area (Å²) in [5.74, 6) is 0.748. The molecule has 2 aliphatic heterocycles. The third-order valence-corrected chi connectivity index (χ3v) is 6.83. The number of hydrogen-bond acceptors (Lipinski definition) is 6. The molecule has 0 radical (unpaired) electrons. The number of carbonyl (C=O) groups excluding carboxylic acids is 1. The summed E-state index contributed by atoms with van der Waals surface area (Å²) in [6, 6.07) is 10.2. The van der Waals surface area contributed by atoms with Gasteiger partial charge in [0.2, 0.25) is 5.95 Å².